The molecule has 2 rings (SSSR count). The standard InChI is InChI=1S/C7H8Br4/c8-4-2-1-3(6(4)10)7(11)5(2)9/h2-7H,1H2/t2?,3?,4-,5-,6-,7+/m1/s1. The number of hydrogen-bond donors (Lipinski definition) is 0. The minimum atomic E-state index is 0.658. The summed E-state index contributed by atoms with van der Waals surface area (Å²) in [6.45, 7) is 0. The van der Waals surface area contributed by atoms with Crippen molar-refractivity contribution in [1.82, 2.24) is 0 Å². The number of halogens is 4. The average Bonchev–Trinajstić information content (AvgIpc) is 2.40. The Hall–Kier alpha value is 1.92. The van der Waals surface area contributed by atoms with E-state index in [9.17, 15) is 0 Å². The Labute approximate surface area is 100 Å². The zero-order valence-corrected chi connectivity index (χ0v) is 12.0. The van der Waals surface area contributed by atoms with Crippen molar-refractivity contribution in [2.75, 3.05) is 0 Å². The van der Waals surface area contributed by atoms with Gasteiger partial charge in [0.1, 0.15) is 0 Å². The Kier molecular flexibility index (Phi) is 2.80. The van der Waals surface area contributed by atoms with Crippen LogP contribution in [0.5, 0.6) is 0 Å². The molecule has 0 N–H and O–H groups in total. The van der Waals surface area contributed by atoms with Gasteiger partial charge in [0.15, 0.2) is 0 Å². The molecule has 0 nitrogen and oxygen atoms in total. The van der Waals surface area contributed by atoms with E-state index in [1.54, 1.807) is 0 Å². The molecule has 0 aromatic rings. The summed E-state index contributed by atoms with van der Waals surface area (Å²) in [5.41, 5.74) is 0. The van der Waals surface area contributed by atoms with Gasteiger partial charge < -0.3 is 0 Å². The fourth-order valence-corrected chi connectivity index (χ4v) is 6.70. The van der Waals surface area contributed by atoms with Gasteiger partial charge in [0.05, 0.1) is 0 Å². The van der Waals surface area contributed by atoms with Crippen LogP contribution in [0.2, 0.25) is 0 Å². The van der Waals surface area contributed by atoms with Crippen molar-refractivity contribution in [3.05, 3.63) is 0 Å². The van der Waals surface area contributed by atoms with Crippen molar-refractivity contribution in [2.24, 2.45) is 11.8 Å². The third kappa shape index (κ3) is 1.31. The monoisotopic (exact) mass is 408 g/mol. The second-order valence-electron chi connectivity index (χ2n) is 3.34. The van der Waals surface area contributed by atoms with Gasteiger partial charge in [0.25, 0.3) is 0 Å². The fourth-order valence-electron chi connectivity index (χ4n) is 2.13. The van der Waals surface area contributed by atoms with Crippen LogP contribution in [0.1, 0.15) is 6.42 Å². The predicted molar refractivity (Wildman–Crippen MR) is 62.5 cm³/mol. The maximum absolute atomic E-state index is 3.73. The first-order valence-corrected chi connectivity index (χ1v) is 7.35. The molecule has 0 amide bonds. The molecule has 0 aromatic carbocycles. The Morgan fingerprint density at radius 3 is 1.09 bits per heavy atom. The maximum atomic E-state index is 3.73. The van der Waals surface area contributed by atoms with Crippen molar-refractivity contribution in [3.8, 4) is 0 Å². The molecule has 0 spiro atoms. The zero-order valence-electron chi connectivity index (χ0n) is 5.68. The lowest BCUT2D eigenvalue weighted by atomic mass is 10.0. The Morgan fingerprint density at radius 1 is 0.636 bits per heavy atom. The third-order valence-corrected chi connectivity index (χ3v) is 9.20. The Balaban J connectivity index is 2.21. The number of rotatable bonds is 0. The van der Waals surface area contributed by atoms with Gasteiger partial charge in [-0.2, -0.15) is 0 Å². The van der Waals surface area contributed by atoms with Gasteiger partial charge in [-0.15, -0.1) is 0 Å². The van der Waals surface area contributed by atoms with Crippen LogP contribution in [-0.4, -0.2) is 19.3 Å². The summed E-state index contributed by atoms with van der Waals surface area (Å²) in [6, 6.07) is 0. The highest BCUT2D eigenvalue weighted by atomic mass is 79.9. The van der Waals surface area contributed by atoms with E-state index in [0.29, 0.717) is 19.3 Å². The molecule has 0 saturated heterocycles. The number of alkyl halides is 4. The highest BCUT2D eigenvalue weighted by molar-refractivity contribution is 9.13. The Bertz CT molecular complexity index is 138. The van der Waals surface area contributed by atoms with Crippen LogP contribution in [0.25, 0.3) is 0 Å². The van der Waals surface area contributed by atoms with Crippen LogP contribution in [0.4, 0.5) is 0 Å². The second kappa shape index (κ2) is 3.25. The van der Waals surface area contributed by atoms with Gasteiger partial charge in [-0.1, -0.05) is 63.7 Å². The van der Waals surface area contributed by atoms with Crippen molar-refractivity contribution >= 4 is 63.7 Å². The first-order chi connectivity index (χ1) is 5.13. The average molecular weight is 412 g/mol. The molecule has 4 heteroatoms. The molecular weight excluding hydrogens is 404 g/mol. The normalized spacial score (nSPS) is 62.2. The summed E-state index contributed by atoms with van der Waals surface area (Å²) in [7, 11) is 0. The molecule has 0 aromatic heterocycles. The van der Waals surface area contributed by atoms with Crippen molar-refractivity contribution in [3.63, 3.8) is 0 Å². The van der Waals surface area contributed by atoms with Gasteiger partial charge in [-0.25, -0.2) is 0 Å². The molecular formula is C7H8Br4. The lowest BCUT2D eigenvalue weighted by Gasteiger charge is -2.30. The molecule has 2 aliphatic rings. The quantitative estimate of drug-likeness (QED) is 0.533. The highest BCUT2D eigenvalue weighted by Crippen LogP contribution is 2.55. The lowest BCUT2D eigenvalue weighted by molar-refractivity contribution is 0.551. The summed E-state index contributed by atoms with van der Waals surface area (Å²) >= 11 is 14.9. The van der Waals surface area contributed by atoms with Crippen molar-refractivity contribution in [1.29, 1.82) is 0 Å². The van der Waals surface area contributed by atoms with Gasteiger partial charge in [0, 0.05) is 19.3 Å². The minimum absolute atomic E-state index is 0.658. The van der Waals surface area contributed by atoms with E-state index in [1.165, 1.54) is 6.42 Å². The van der Waals surface area contributed by atoms with E-state index < -0.39 is 0 Å². The molecule has 2 aliphatic carbocycles. The number of hydrogen-bond acceptors (Lipinski definition) is 0. The highest BCUT2D eigenvalue weighted by Gasteiger charge is 2.54. The van der Waals surface area contributed by atoms with E-state index in [-0.39, 0.29) is 0 Å². The molecule has 2 unspecified atom stereocenters. The van der Waals surface area contributed by atoms with Crippen molar-refractivity contribution in [2.45, 2.75) is 25.7 Å². The van der Waals surface area contributed by atoms with Crippen LogP contribution >= 0.6 is 63.7 Å². The SMILES string of the molecule is Br[C@@H]1C2CC([C@H]1Br)[C@H](Br)[C@@H]2Br. The molecule has 0 aliphatic heterocycles. The second-order valence-corrected chi connectivity index (χ2v) is 7.57. The van der Waals surface area contributed by atoms with Crippen LogP contribution in [0, 0.1) is 11.8 Å². The smallest absolute Gasteiger partial charge is 0.0313 e. The lowest BCUT2D eigenvalue weighted by Crippen LogP contribution is -2.36. The minimum Gasteiger partial charge on any atom is -0.0875 e. The van der Waals surface area contributed by atoms with E-state index in [0.717, 1.165) is 11.8 Å². The van der Waals surface area contributed by atoms with E-state index in [1.807, 2.05) is 0 Å². The van der Waals surface area contributed by atoms with Crippen LogP contribution < -0.4 is 0 Å². The molecule has 2 bridgehead atoms. The van der Waals surface area contributed by atoms with Crippen molar-refractivity contribution < 1.29 is 0 Å². The van der Waals surface area contributed by atoms with E-state index >= 15 is 0 Å². The third-order valence-electron chi connectivity index (χ3n) is 2.79. The summed E-state index contributed by atoms with van der Waals surface area (Å²) in [6.07, 6.45) is 1.34. The molecule has 64 valence electrons. The molecule has 0 radical (unpaired) electrons. The summed E-state index contributed by atoms with van der Waals surface area (Å²) in [5, 5.41) is 0. The largest absolute Gasteiger partial charge is 0.0875 e. The van der Waals surface area contributed by atoms with Gasteiger partial charge in [0.2, 0.25) is 0 Å². The van der Waals surface area contributed by atoms with Gasteiger partial charge in [-0.05, 0) is 18.3 Å². The van der Waals surface area contributed by atoms with Crippen LogP contribution in [-0.2, 0) is 0 Å². The molecule has 11 heavy (non-hydrogen) atoms. The zero-order chi connectivity index (χ0) is 8.17. The Morgan fingerprint density at radius 2 is 0.909 bits per heavy atom. The van der Waals surface area contributed by atoms with E-state index in [2.05, 4.69) is 63.7 Å². The first kappa shape index (κ1) is 9.47. The molecule has 2 fully saturated rings. The predicted octanol–water partition coefficient (Wildman–Crippen LogP) is 3.69. The first-order valence-electron chi connectivity index (χ1n) is 3.69. The topological polar surface area (TPSA) is 0 Å². The summed E-state index contributed by atoms with van der Waals surface area (Å²) in [5.74, 6) is 1.60. The van der Waals surface area contributed by atoms with Crippen LogP contribution in [0.3, 0.4) is 0 Å². The van der Waals surface area contributed by atoms with Gasteiger partial charge in [-0.3, -0.25) is 0 Å². The number of fused-ring (bicyclic) bond motifs is 2. The summed E-state index contributed by atoms with van der Waals surface area (Å²) in [4.78, 5) is 2.63. The fraction of sp³-hybridized carbons (Fsp3) is 1.00. The van der Waals surface area contributed by atoms with Gasteiger partial charge >= 0.3 is 0 Å². The molecule has 2 saturated carbocycles. The van der Waals surface area contributed by atoms with Crippen LogP contribution in [0.15, 0.2) is 0 Å². The molecule has 0 heterocycles. The van der Waals surface area contributed by atoms with E-state index in [4.69, 9.17) is 0 Å². The maximum Gasteiger partial charge on any atom is 0.0313 e. The molecule has 6 atom stereocenters. The summed E-state index contributed by atoms with van der Waals surface area (Å²) < 4.78 is 0.